The summed E-state index contributed by atoms with van der Waals surface area (Å²) in [6, 6.07) is 17.0. The van der Waals surface area contributed by atoms with Crippen molar-refractivity contribution in [2.24, 2.45) is 0 Å². The number of hydrogen-bond donors (Lipinski definition) is 1. The van der Waals surface area contributed by atoms with Crippen LogP contribution in [0, 0.1) is 17.0 Å². The second-order valence-corrected chi connectivity index (χ2v) is 7.09. The van der Waals surface area contributed by atoms with Crippen LogP contribution in [0.25, 0.3) is 0 Å². The first kappa shape index (κ1) is 20.7. The first-order valence-corrected chi connectivity index (χ1v) is 9.61. The number of para-hydroxylation sites is 1. The monoisotopic (exact) mass is 431 g/mol. The highest BCUT2D eigenvalue weighted by atomic mass is 16.6. The van der Waals surface area contributed by atoms with Gasteiger partial charge in [-0.3, -0.25) is 24.5 Å². The summed E-state index contributed by atoms with van der Waals surface area (Å²) in [4.78, 5) is 49.1. The standard InChI is InChI=1S/C23H17N3O6/c1-14-5-2-3-8-20(14)32-13-21(27)24-15-6-4-7-16(11-15)25-22(28)18-10-9-17(26(30)31)12-19(18)23(25)29/h2-12H,13H2,1H3,(H,24,27). The maximum atomic E-state index is 12.8. The number of rotatable bonds is 6. The first-order valence-electron chi connectivity index (χ1n) is 9.61. The minimum Gasteiger partial charge on any atom is -0.483 e. The second kappa shape index (κ2) is 8.31. The van der Waals surface area contributed by atoms with Crippen molar-refractivity contribution in [1.29, 1.82) is 0 Å². The van der Waals surface area contributed by atoms with Gasteiger partial charge < -0.3 is 10.1 Å². The van der Waals surface area contributed by atoms with Crippen molar-refractivity contribution >= 4 is 34.8 Å². The molecule has 0 spiro atoms. The Morgan fingerprint density at radius 3 is 2.50 bits per heavy atom. The maximum absolute atomic E-state index is 12.8. The van der Waals surface area contributed by atoms with Crippen molar-refractivity contribution < 1.29 is 24.0 Å². The van der Waals surface area contributed by atoms with Gasteiger partial charge in [0.1, 0.15) is 5.75 Å². The molecule has 0 unspecified atom stereocenters. The van der Waals surface area contributed by atoms with Crippen molar-refractivity contribution in [3.05, 3.63) is 93.5 Å². The lowest BCUT2D eigenvalue weighted by atomic mass is 10.1. The SMILES string of the molecule is Cc1ccccc1OCC(=O)Nc1cccc(N2C(=O)c3ccc([N+](=O)[O-])cc3C2=O)c1. The summed E-state index contributed by atoms with van der Waals surface area (Å²) in [6.45, 7) is 1.65. The molecule has 9 heteroatoms. The van der Waals surface area contributed by atoms with Gasteiger partial charge in [0.05, 0.1) is 21.7 Å². The van der Waals surface area contributed by atoms with Crippen LogP contribution in [-0.4, -0.2) is 29.3 Å². The average Bonchev–Trinajstić information content (AvgIpc) is 3.03. The Morgan fingerprint density at radius 1 is 1.00 bits per heavy atom. The Kier molecular flexibility index (Phi) is 5.38. The van der Waals surface area contributed by atoms with Crippen LogP contribution in [0.3, 0.4) is 0 Å². The molecule has 0 aliphatic carbocycles. The molecule has 3 amide bonds. The maximum Gasteiger partial charge on any atom is 0.270 e. The number of anilines is 2. The first-order chi connectivity index (χ1) is 15.3. The van der Waals surface area contributed by atoms with Crippen LogP contribution < -0.4 is 15.0 Å². The van der Waals surface area contributed by atoms with E-state index in [1.807, 2.05) is 19.1 Å². The molecule has 9 nitrogen and oxygen atoms in total. The van der Waals surface area contributed by atoms with Gasteiger partial charge in [-0.15, -0.1) is 0 Å². The number of nitro groups is 1. The minimum absolute atomic E-state index is 0.0368. The third-order valence-electron chi connectivity index (χ3n) is 4.92. The molecule has 0 saturated carbocycles. The predicted octanol–water partition coefficient (Wildman–Crippen LogP) is 3.72. The number of carbonyl (C=O) groups excluding carboxylic acids is 3. The summed E-state index contributed by atoms with van der Waals surface area (Å²) >= 11 is 0. The van der Waals surface area contributed by atoms with Crippen LogP contribution in [0.4, 0.5) is 17.1 Å². The minimum atomic E-state index is -0.667. The molecule has 1 N–H and O–H groups in total. The number of imide groups is 1. The van der Waals surface area contributed by atoms with Gasteiger partial charge in [0.25, 0.3) is 23.4 Å². The van der Waals surface area contributed by atoms with E-state index in [0.29, 0.717) is 11.4 Å². The molecule has 3 aromatic rings. The van der Waals surface area contributed by atoms with E-state index in [9.17, 15) is 24.5 Å². The highest BCUT2D eigenvalue weighted by Gasteiger charge is 2.38. The van der Waals surface area contributed by atoms with E-state index in [-0.39, 0.29) is 29.1 Å². The van der Waals surface area contributed by atoms with Crippen molar-refractivity contribution in [2.75, 3.05) is 16.8 Å². The second-order valence-electron chi connectivity index (χ2n) is 7.09. The molecule has 0 fully saturated rings. The fourth-order valence-corrected chi connectivity index (χ4v) is 3.36. The van der Waals surface area contributed by atoms with Crippen LogP contribution in [-0.2, 0) is 4.79 Å². The lowest BCUT2D eigenvalue weighted by Crippen LogP contribution is -2.29. The third kappa shape index (κ3) is 3.91. The Balaban J connectivity index is 1.50. The van der Waals surface area contributed by atoms with E-state index in [1.54, 1.807) is 24.3 Å². The number of non-ortho nitro benzene ring substituents is 1. The van der Waals surface area contributed by atoms with Gasteiger partial charge in [-0.2, -0.15) is 0 Å². The van der Waals surface area contributed by atoms with E-state index in [2.05, 4.69) is 5.32 Å². The Morgan fingerprint density at radius 2 is 1.75 bits per heavy atom. The zero-order valence-corrected chi connectivity index (χ0v) is 16.9. The summed E-state index contributed by atoms with van der Waals surface area (Å²) in [7, 11) is 0. The Bertz CT molecular complexity index is 1270. The number of carbonyl (C=O) groups is 3. The summed E-state index contributed by atoms with van der Waals surface area (Å²) in [5.41, 5.74) is 1.27. The fraction of sp³-hybridized carbons (Fsp3) is 0.0870. The Hall–Kier alpha value is -4.53. The summed E-state index contributed by atoms with van der Waals surface area (Å²) in [5.74, 6) is -1.08. The van der Waals surface area contributed by atoms with Crippen molar-refractivity contribution in [1.82, 2.24) is 0 Å². The van der Waals surface area contributed by atoms with E-state index < -0.39 is 22.6 Å². The molecule has 160 valence electrons. The largest absolute Gasteiger partial charge is 0.483 e. The quantitative estimate of drug-likeness (QED) is 0.361. The van der Waals surface area contributed by atoms with Crippen molar-refractivity contribution in [2.45, 2.75) is 6.92 Å². The number of nitro benzene ring substituents is 1. The molecule has 1 heterocycles. The average molecular weight is 431 g/mol. The number of hydrogen-bond acceptors (Lipinski definition) is 6. The lowest BCUT2D eigenvalue weighted by molar-refractivity contribution is -0.384. The van der Waals surface area contributed by atoms with Gasteiger partial charge in [-0.05, 0) is 42.8 Å². The number of benzene rings is 3. The normalized spacial score (nSPS) is 12.5. The van der Waals surface area contributed by atoms with Crippen molar-refractivity contribution in [3.8, 4) is 5.75 Å². The fourth-order valence-electron chi connectivity index (χ4n) is 3.36. The summed E-state index contributed by atoms with van der Waals surface area (Å²) < 4.78 is 5.52. The summed E-state index contributed by atoms with van der Waals surface area (Å²) in [6.07, 6.45) is 0. The van der Waals surface area contributed by atoms with E-state index >= 15 is 0 Å². The number of nitrogens with one attached hydrogen (secondary N) is 1. The van der Waals surface area contributed by atoms with Gasteiger partial charge in [0, 0.05) is 17.8 Å². The Labute approximate surface area is 182 Å². The molecule has 32 heavy (non-hydrogen) atoms. The predicted molar refractivity (Wildman–Crippen MR) is 116 cm³/mol. The van der Waals surface area contributed by atoms with Crippen LogP contribution >= 0.6 is 0 Å². The topological polar surface area (TPSA) is 119 Å². The van der Waals surface area contributed by atoms with Gasteiger partial charge in [0.15, 0.2) is 6.61 Å². The lowest BCUT2D eigenvalue weighted by Gasteiger charge is -2.15. The van der Waals surface area contributed by atoms with Gasteiger partial charge in [0.2, 0.25) is 0 Å². The molecule has 1 aliphatic rings. The molecule has 0 radical (unpaired) electrons. The molecule has 1 aliphatic heterocycles. The molecule has 0 atom stereocenters. The number of fused-ring (bicyclic) bond motifs is 1. The number of ether oxygens (including phenoxy) is 1. The number of nitrogens with zero attached hydrogens (tertiary/aromatic N) is 2. The molecule has 3 aromatic carbocycles. The van der Waals surface area contributed by atoms with Gasteiger partial charge in [-0.1, -0.05) is 24.3 Å². The number of amides is 3. The van der Waals surface area contributed by atoms with Crippen LogP contribution in [0.5, 0.6) is 5.75 Å². The van der Waals surface area contributed by atoms with Gasteiger partial charge in [-0.25, -0.2) is 4.90 Å². The van der Waals surface area contributed by atoms with E-state index in [1.165, 1.54) is 24.3 Å². The smallest absolute Gasteiger partial charge is 0.270 e. The van der Waals surface area contributed by atoms with E-state index in [4.69, 9.17) is 4.74 Å². The zero-order chi connectivity index (χ0) is 22.8. The summed E-state index contributed by atoms with van der Waals surface area (Å²) in [5, 5.41) is 13.7. The number of aryl methyl sites for hydroxylation is 1. The van der Waals surface area contributed by atoms with E-state index in [0.717, 1.165) is 16.5 Å². The van der Waals surface area contributed by atoms with Crippen molar-refractivity contribution in [3.63, 3.8) is 0 Å². The highest BCUT2D eigenvalue weighted by Crippen LogP contribution is 2.31. The van der Waals surface area contributed by atoms with Gasteiger partial charge >= 0.3 is 0 Å². The highest BCUT2D eigenvalue weighted by molar-refractivity contribution is 6.34. The molecular formula is C23H17N3O6. The molecular weight excluding hydrogens is 414 g/mol. The van der Waals surface area contributed by atoms with Crippen LogP contribution in [0.15, 0.2) is 66.7 Å². The molecule has 0 saturated heterocycles. The van der Waals surface area contributed by atoms with Crippen LogP contribution in [0.1, 0.15) is 26.3 Å². The van der Waals surface area contributed by atoms with Crippen LogP contribution in [0.2, 0.25) is 0 Å². The molecule has 4 rings (SSSR count). The molecule has 0 bridgehead atoms. The zero-order valence-electron chi connectivity index (χ0n) is 16.9. The third-order valence-corrected chi connectivity index (χ3v) is 4.92. The molecule has 0 aromatic heterocycles.